The molecule has 0 aliphatic carbocycles. The highest BCUT2D eigenvalue weighted by Gasteiger charge is 2.25. The first-order valence-corrected chi connectivity index (χ1v) is 14.2. The van der Waals surface area contributed by atoms with Crippen LogP contribution in [0.1, 0.15) is 6.92 Å². The molecular weight excluding hydrogens is 494 g/mol. The van der Waals surface area contributed by atoms with E-state index in [1.54, 1.807) is 0 Å². The van der Waals surface area contributed by atoms with Gasteiger partial charge in [0.15, 0.2) is 0 Å². The number of hydrogen-bond donors (Lipinski definition) is 0. The highest BCUT2D eigenvalue weighted by molar-refractivity contribution is 7.99. The SMILES string of the molecule is CCN1c2ccccc2Sc2cc(-c3nc4c5ccccc5c5ccccc5c4n3-c3ccccc3)ccc21. The summed E-state index contributed by atoms with van der Waals surface area (Å²) in [5, 5.41) is 4.88. The van der Waals surface area contributed by atoms with Gasteiger partial charge in [-0.05, 0) is 60.2 Å². The van der Waals surface area contributed by atoms with Crippen LogP contribution >= 0.6 is 11.8 Å². The van der Waals surface area contributed by atoms with E-state index < -0.39 is 0 Å². The van der Waals surface area contributed by atoms with Crippen molar-refractivity contribution in [2.75, 3.05) is 11.4 Å². The molecule has 6 aromatic carbocycles. The standard InChI is InChI=1S/C35H25N3S/c1-2-37-29-18-10-11-19-31(29)39-32-22-23(20-21-30(32)37)35-36-33-27-16-8-6-14-25(27)26-15-7-9-17-28(26)34(33)38(35)24-12-4-3-5-13-24/h3-22H,2H2,1H3. The number of fused-ring (bicyclic) bond motifs is 8. The van der Waals surface area contributed by atoms with Crippen LogP contribution in [0.2, 0.25) is 0 Å². The Bertz CT molecular complexity index is 2040. The molecule has 0 spiro atoms. The fourth-order valence-electron chi connectivity index (χ4n) is 6.04. The Morgan fingerprint density at radius 2 is 1.26 bits per heavy atom. The minimum Gasteiger partial charge on any atom is -0.340 e. The van der Waals surface area contributed by atoms with E-state index in [1.165, 1.54) is 42.7 Å². The lowest BCUT2D eigenvalue weighted by atomic mass is 10.00. The van der Waals surface area contributed by atoms with Crippen molar-refractivity contribution >= 4 is 55.7 Å². The van der Waals surface area contributed by atoms with Gasteiger partial charge in [0.1, 0.15) is 5.82 Å². The van der Waals surface area contributed by atoms with Gasteiger partial charge in [-0.1, -0.05) is 90.6 Å². The van der Waals surface area contributed by atoms with Crippen molar-refractivity contribution in [2.24, 2.45) is 0 Å². The maximum atomic E-state index is 5.41. The molecule has 0 fully saturated rings. The second-order valence-electron chi connectivity index (χ2n) is 9.89. The normalized spacial score (nSPS) is 12.7. The molecule has 186 valence electrons. The molecule has 2 heterocycles. The summed E-state index contributed by atoms with van der Waals surface area (Å²) in [6, 6.07) is 43.5. The summed E-state index contributed by atoms with van der Waals surface area (Å²) in [5.41, 5.74) is 6.94. The molecule has 0 saturated heterocycles. The Morgan fingerprint density at radius 1 is 0.615 bits per heavy atom. The Kier molecular flexibility index (Phi) is 5.04. The van der Waals surface area contributed by atoms with E-state index in [0.717, 1.165) is 34.7 Å². The van der Waals surface area contributed by atoms with E-state index in [4.69, 9.17) is 4.98 Å². The molecular formula is C35H25N3S. The lowest BCUT2D eigenvalue weighted by Gasteiger charge is -2.32. The van der Waals surface area contributed by atoms with Crippen LogP contribution in [0.15, 0.2) is 131 Å². The van der Waals surface area contributed by atoms with E-state index in [0.29, 0.717) is 0 Å². The summed E-state index contributed by atoms with van der Waals surface area (Å²) in [6.07, 6.45) is 0. The second kappa shape index (κ2) is 8.75. The van der Waals surface area contributed by atoms with Crippen LogP contribution in [0.25, 0.3) is 49.7 Å². The van der Waals surface area contributed by atoms with Gasteiger partial charge < -0.3 is 4.90 Å². The molecule has 7 aromatic rings. The Balaban J connectivity index is 1.45. The smallest absolute Gasteiger partial charge is 0.145 e. The van der Waals surface area contributed by atoms with Crippen LogP contribution < -0.4 is 4.90 Å². The summed E-state index contributed by atoms with van der Waals surface area (Å²) in [6.45, 7) is 3.14. The van der Waals surface area contributed by atoms with Gasteiger partial charge in [0, 0.05) is 38.4 Å². The molecule has 0 amide bonds. The van der Waals surface area contributed by atoms with E-state index in [9.17, 15) is 0 Å². The highest BCUT2D eigenvalue weighted by atomic mass is 32.2. The van der Waals surface area contributed by atoms with Crippen molar-refractivity contribution in [2.45, 2.75) is 16.7 Å². The van der Waals surface area contributed by atoms with Crippen LogP contribution in [-0.4, -0.2) is 16.1 Å². The van der Waals surface area contributed by atoms with Gasteiger partial charge >= 0.3 is 0 Å². The lowest BCUT2D eigenvalue weighted by molar-refractivity contribution is 0.978. The lowest BCUT2D eigenvalue weighted by Crippen LogP contribution is -2.19. The molecule has 1 aliphatic heterocycles. The zero-order valence-electron chi connectivity index (χ0n) is 21.5. The van der Waals surface area contributed by atoms with Gasteiger partial charge in [0.05, 0.1) is 22.4 Å². The average Bonchev–Trinajstić information content (AvgIpc) is 3.41. The molecule has 1 aliphatic rings. The predicted octanol–water partition coefficient (Wildman–Crippen LogP) is 9.62. The van der Waals surface area contributed by atoms with Crippen molar-refractivity contribution in [3.8, 4) is 17.1 Å². The quantitative estimate of drug-likeness (QED) is 0.217. The number of aromatic nitrogens is 2. The van der Waals surface area contributed by atoms with Crippen LogP contribution in [0.5, 0.6) is 0 Å². The number of imidazole rings is 1. The molecule has 8 rings (SSSR count). The predicted molar refractivity (Wildman–Crippen MR) is 165 cm³/mol. The third-order valence-electron chi connectivity index (χ3n) is 7.75. The monoisotopic (exact) mass is 519 g/mol. The molecule has 0 bridgehead atoms. The molecule has 1 aromatic heterocycles. The molecule has 0 atom stereocenters. The van der Waals surface area contributed by atoms with Crippen molar-refractivity contribution in [1.82, 2.24) is 9.55 Å². The number of benzene rings is 6. The molecule has 0 N–H and O–H groups in total. The summed E-state index contributed by atoms with van der Waals surface area (Å²) < 4.78 is 2.35. The van der Waals surface area contributed by atoms with Crippen LogP contribution in [-0.2, 0) is 0 Å². The molecule has 4 heteroatoms. The van der Waals surface area contributed by atoms with Gasteiger partial charge in [0.25, 0.3) is 0 Å². The molecule has 0 unspecified atom stereocenters. The fourth-order valence-corrected chi connectivity index (χ4v) is 7.18. The van der Waals surface area contributed by atoms with E-state index in [1.807, 2.05) is 11.8 Å². The van der Waals surface area contributed by atoms with Gasteiger partial charge in [-0.25, -0.2) is 4.98 Å². The fraction of sp³-hybridized carbons (Fsp3) is 0.0571. The zero-order valence-corrected chi connectivity index (χ0v) is 22.3. The first-order valence-electron chi connectivity index (χ1n) is 13.4. The molecule has 0 saturated carbocycles. The van der Waals surface area contributed by atoms with E-state index in [2.05, 4.69) is 138 Å². The number of rotatable bonds is 3. The van der Waals surface area contributed by atoms with E-state index >= 15 is 0 Å². The topological polar surface area (TPSA) is 21.1 Å². The zero-order chi connectivity index (χ0) is 25.9. The van der Waals surface area contributed by atoms with Crippen LogP contribution in [0.3, 0.4) is 0 Å². The van der Waals surface area contributed by atoms with Gasteiger partial charge in [0.2, 0.25) is 0 Å². The van der Waals surface area contributed by atoms with Crippen molar-refractivity contribution < 1.29 is 0 Å². The molecule has 0 radical (unpaired) electrons. The Hall–Kier alpha value is -4.54. The first kappa shape index (κ1) is 22.4. The summed E-state index contributed by atoms with van der Waals surface area (Å²) in [5.74, 6) is 0.961. The Morgan fingerprint density at radius 3 is 2.05 bits per heavy atom. The van der Waals surface area contributed by atoms with Crippen LogP contribution in [0, 0.1) is 0 Å². The van der Waals surface area contributed by atoms with Crippen LogP contribution in [0.4, 0.5) is 11.4 Å². The number of hydrogen-bond acceptors (Lipinski definition) is 3. The Labute approximate surface area is 231 Å². The molecule has 39 heavy (non-hydrogen) atoms. The molecule has 3 nitrogen and oxygen atoms in total. The third-order valence-corrected chi connectivity index (χ3v) is 8.86. The van der Waals surface area contributed by atoms with Crippen molar-refractivity contribution in [3.63, 3.8) is 0 Å². The van der Waals surface area contributed by atoms with Gasteiger partial charge in [-0.2, -0.15) is 0 Å². The summed E-state index contributed by atoms with van der Waals surface area (Å²) in [4.78, 5) is 10.4. The third kappa shape index (κ3) is 3.35. The van der Waals surface area contributed by atoms with Gasteiger partial charge in [-0.3, -0.25) is 4.57 Å². The minimum atomic E-state index is 0.921. The average molecular weight is 520 g/mol. The van der Waals surface area contributed by atoms with E-state index in [-0.39, 0.29) is 0 Å². The number of nitrogens with zero attached hydrogens (tertiary/aromatic N) is 3. The number of para-hydroxylation sites is 2. The summed E-state index contributed by atoms with van der Waals surface area (Å²) >= 11 is 1.85. The maximum Gasteiger partial charge on any atom is 0.145 e. The van der Waals surface area contributed by atoms with Crippen molar-refractivity contribution in [1.29, 1.82) is 0 Å². The second-order valence-corrected chi connectivity index (χ2v) is 11.0. The minimum absolute atomic E-state index is 0.921. The summed E-state index contributed by atoms with van der Waals surface area (Å²) in [7, 11) is 0. The van der Waals surface area contributed by atoms with Gasteiger partial charge in [-0.15, -0.1) is 0 Å². The highest BCUT2D eigenvalue weighted by Crippen LogP contribution is 2.49. The van der Waals surface area contributed by atoms with Crippen molar-refractivity contribution in [3.05, 3.63) is 121 Å². The number of anilines is 2. The largest absolute Gasteiger partial charge is 0.340 e. The maximum absolute atomic E-state index is 5.41. The first-order chi connectivity index (χ1) is 19.3.